The summed E-state index contributed by atoms with van der Waals surface area (Å²) in [4.78, 5) is 12.2. The lowest BCUT2D eigenvalue weighted by molar-refractivity contribution is 0.0914. The highest BCUT2D eigenvalue weighted by atomic mass is 35.5. The molecule has 0 unspecified atom stereocenters. The molecule has 0 saturated heterocycles. The first-order chi connectivity index (χ1) is 11.2. The normalized spacial score (nSPS) is 12.8. The lowest BCUT2D eigenvalue weighted by atomic mass is 9.99. The Morgan fingerprint density at radius 1 is 1.25 bits per heavy atom. The van der Waals surface area contributed by atoms with E-state index < -0.39 is 0 Å². The number of rotatable bonds is 6. The molecular weight excluding hydrogens is 326 g/mol. The molecular formula is C18H24ClN3O2. The molecule has 0 atom stereocenters. The Morgan fingerprint density at radius 2 is 2.00 bits per heavy atom. The molecule has 3 rings (SSSR count). The molecule has 2 N–H and O–H groups in total. The minimum absolute atomic E-state index is 0. The molecule has 1 aliphatic heterocycles. The number of hydrogen-bond acceptors (Lipinski definition) is 4. The second-order valence-corrected chi connectivity index (χ2v) is 6.02. The number of nitrogens with zero attached hydrogens (tertiary/aromatic N) is 1. The van der Waals surface area contributed by atoms with E-state index in [1.54, 1.807) is 6.07 Å². The number of benzene rings is 1. The highest BCUT2D eigenvalue weighted by Gasteiger charge is 2.17. The van der Waals surface area contributed by atoms with Gasteiger partial charge in [-0.3, -0.25) is 4.79 Å². The number of fused-ring (bicyclic) bond motifs is 1. The molecule has 6 heteroatoms. The third-order valence-electron chi connectivity index (χ3n) is 4.51. The first-order valence-corrected chi connectivity index (χ1v) is 8.27. The van der Waals surface area contributed by atoms with Crippen LogP contribution < -0.4 is 10.6 Å². The number of nitrogens with one attached hydrogen (secondary N) is 2. The van der Waals surface area contributed by atoms with Crippen molar-refractivity contribution in [1.82, 2.24) is 15.8 Å². The van der Waals surface area contributed by atoms with Gasteiger partial charge in [-0.25, -0.2) is 0 Å². The average molecular weight is 350 g/mol. The minimum Gasteiger partial charge on any atom is -0.351 e. The Kier molecular flexibility index (Phi) is 6.40. The Balaban J connectivity index is 0.00000208. The zero-order chi connectivity index (χ0) is 16.2. The van der Waals surface area contributed by atoms with Gasteiger partial charge in [0, 0.05) is 31.6 Å². The van der Waals surface area contributed by atoms with E-state index in [4.69, 9.17) is 4.52 Å². The Morgan fingerprint density at radius 3 is 2.75 bits per heavy atom. The van der Waals surface area contributed by atoms with Crippen molar-refractivity contribution in [1.29, 1.82) is 0 Å². The summed E-state index contributed by atoms with van der Waals surface area (Å²) in [7, 11) is 0. The third-order valence-corrected chi connectivity index (χ3v) is 4.51. The lowest BCUT2D eigenvalue weighted by Crippen LogP contribution is -2.22. The van der Waals surface area contributed by atoms with Gasteiger partial charge in [-0.15, -0.1) is 12.4 Å². The molecule has 130 valence electrons. The van der Waals surface area contributed by atoms with Crippen LogP contribution in [0.4, 0.5) is 0 Å². The van der Waals surface area contributed by atoms with Gasteiger partial charge in [0.15, 0.2) is 0 Å². The van der Waals surface area contributed by atoms with E-state index >= 15 is 0 Å². The van der Waals surface area contributed by atoms with Crippen LogP contribution >= 0.6 is 12.4 Å². The topological polar surface area (TPSA) is 67.2 Å². The number of amides is 1. The maximum absolute atomic E-state index is 12.2. The molecule has 1 aromatic heterocycles. The van der Waals surface area contributed by atoms with Crippen LogP contribution in [-0.4, -0.2) is 11.1 Å². The van der Waals surface area contributed by atoms with E-state index in [1.165, 1.54) is 11.1 Å². The zero-order valence-corrected chi connectivity index (χ0v) is 14.9. The van der Waals surface area contributed by atoms with E-state index in [-0.39, 0.29) is 24.1 Å². The van der Waals surface area contributed by atoms with Crippen LogP contribution in [0.5, 0.6) is 0 Å². The molecule has 1 aromatic carbocycles. The van der Waals surface area contributed by atoms with Crippen molar-refractivity contribution >= 4 is 18.3 Å². The van der Waals surface area contributed by atoms with Crippen molar-refractivity contribution in [2.45, 2.75) is 52.2 Å². The van der Waals surface area contributed by atoms with E-state index in [0.29, 0.717) is 12.5 Å². The summed E-state index contributed by atoms with van der Waals surface area (Å²) in [6.45, 7) is 6.56. The molecule has 0 fully saturated rings. The second kappa shape index (κ2) is 8.31. The zero-order valence-electron chi connectivity index (χ0n) is 14.1. The quantitative estimate of drug-likeness (QED) is 0.837. The molecule has 0 radical (unpaired) electrons. The molecule has 1 aliphatic rings. The number of carbonyl (C=O) groups is 1. The van der Waals surface area contributed by atoms with Crippen molar-refractivity contribution < 1.29 is 9.32 Å². The van der Waals surface area contributed by atoms with Gasteiger partial charge in [0.05, 0.1) is 5.69 Å². The third kappa shape index (κ3) is 3.97. The minimum atomic E-state index is -0.215. The summed E-state index contributed by atoms with van der Waals surface area (Å²) >= 11 is 0. The second-order valence-electron chi connectivity index (χ2n) is 6.02. The fourth-order valence-corrected chi connectivity index (χ4v) is 3.02. The van der Waals surface area contributed by atoms with E-state index in [2.05, 4.69) is 47.8 Å². The summed E-state index contributed by atoms with van der Waals surface area (Å²) in [6, 6.07) is 8.09. The predicted octanol–water partition coefficient (Wildman–Crippen LogP) is 3.53. The molecule has 0 saturated carbocycles. The summed E-state index contributed by atoms with van der Waals surface area (Å²) in [5.74, 6) is 0.424. The number of hydrogen-bond donors (Lipinski definition) is 2. The molecule has 24 heavy (non-hydrogen) atoms. The maximum atomic E-state index is 12.2. The summed E-state index contributed by atoms with van der Waals surface area (Å²) in [5, 5.41) is 10.3. The fraction of sp³-hybridized carbons (Fsp3) is 0.444. The maximum Gasteiger partial charge on any atom is 0.290 e. The number of aromatic nitrogens is 1. The van der Waals surface area contributed by atoms with Crippen molar-refractivity contribution in [2.75, 3.05) is 0 Å². The first-order valence-electron chi connectivity index (χ1n) is 8.27. The van der Waals surface area contributed by atoms with Gasteiger partial charge in [-0.05, 0) is 29.5 Å². The van der Waals surface area contributed by atoms with Crippen molar-refractivity contribution in [2.24, 2.45) is 0 Å². The van der Waals surface area contributed by atoms with Crippen molar-refractivity contribution in [3.8, 4) is 0 Å². The van der Waals surface area contributed by atoms with Crippen LogP contribution in [0, 0.1) is 0 Å². The van der Waals surface area contributed by atoms with Gasteiger partial charge in [-0.2, -0.15) is 0 Å². The number of carbonyl (C=O) groups excluding carboxylic acids is 1. The SMILES string of the molecule is CCC(CC)c1cc(C(=O)NCc2ccc3c(c2)CNC3)on1.Cl. The van der Waals surface area contributed by atoms with Crippen LogP contribution in [0.1, 0.15) is 65.5 Å². The van der Waals surface area contributed by atoms with E-state index in [0.717, 1.165) is 37.2 Å². The van der Waals surface area contributed by atoms with Crippen LogP contribution in [-0.2, 0) is 19.6 Å². The molecule has 0 bridgehead atoms. The van der Waals surface area contributed by atoms with Gasteiger partial charge in [0.25, 0.3) is 5.91 Å². The Labute approximate surface area is 148 Å². The summed E-state index contributed by atoms with van der Waals surface area (Å²) < 4.78 is 5.20. The summed E-state index contributed by atoms with van der Waals surface area (Å²) in [6.07, 6.45) is 1.99. The van der Waals surface area contributed by atoms with Crippen molar-refractivity contribution in [3.05, 3.63) is 52.4 Å². The largest absolute Gasteiger partial charge is 0.351 e. The van der Waals surface area contributed by atoms with Gasteiger partial charge in [-0.1, -0.05) is 37.2 Å². The molecule has 5 nitrogen and oxygen atoms in total. The van der Waals surface area contributed by atoms with E-state index in [9.17, 15) is 4.79 Å². The average Bonchev–Trinajstić information content (AvgIpc) is 3.22. The Hall–Kier alpha value is -1.85. The highest BCUT2D eigenvalue weighted by Crippen LogP contribution is 2.22. The van der Waals surface area contributed by atoms with Crippen LogP contribution in [0.15, 0.2) is 28.8 Å². The van der Waals surface area contributed by atoms with Gasteiger partial charge < -0.3 is 15.2 Å². The monoisotopic (exact) mass is 349 g/mol. The smallest absolute Gasteiger partial charge is 0.290 e. The van der Waals surface area contributed by atoms with Crippen molar-refractivity contribution in [3.63, 3.8) is 0 Å². The molecule has 2 aromatic rings. The fourth-order valence-electron chi connectivity index (χ4n) is 3.02. The van der Waals surface area contributed by atoms with Gasteiger partial charge in [0.2, 0.25) is 5.76 Å². The predicted molar refractivity (Wildman–Crippen MR) is 95.2 cm³/mol. The summed E-state index contributed by atoms with van der Waals surface area (Å²) in [5.41, 5.74) is 4.61. The van der Waals surface area contributed by atoms with Crippen LogP contribution in [0.3, 0.4) is 0 Å². The number of halogens is 1. The van der Waals surface area contributed by atoms with Crippen LogP contribution in [0.25, 0.3) is 0 Å². The van der Waals surface area contributed by atoms with Gasteiger partial charge in [0.1, 0.15) is 0 Å². The first kappa shape index (κ1) is 18.5. The van der Waals surface area contributed by atoms with Gasteiger partial charge >= 0.3 is 0 Å². The van der Waals surface area contributed by atoms with Crippen LogP contribution in [0.2, 0.25) is 0 Å². The molecule has 1 amide bonds. The standard InChI is InChI=1S/C18H23N3O2.ClH/c1-3-13(4-2)16-8-17(23-21-16)18(22)20-9-12-5-6-14-10-19-11-15(14)7-12;/h5-8,13,19H,3-4,9-11H2,1-2H3,(H,20,22);1H. The molecule has 2 heterocycles. The van der Waals surface area contributed by atoms with E-state index in [1.807, 2.05) is 0 Å². The molecule has 0 spiro atoms. The Bertz CT molecular complexity index is 695. The molecule has 0 aliphatic carbocycles. The lowest BCUT2D eigenvalue weighted by Gasteiger charge is -2.06. The highest BCUT2D eigenvalue weighted by molar-refractivity contribution is 5.91.